The maximum absolute atomic E-state index is 12.3. The number of para-hydroxylation sites is 1. The van der Waals surface area contributed by atoms with Crippen LogP contribution in [0.1, 0.15) is 10.5 Å². The lowest BCUT2D eigenvalue weighted by Gasteiger charge is -2.34. The summed E-state index contributed by atoms with van der Waals surface area (Å²) in [5.41, 5.74) is 0.552. The van der Waals surface area contributed by atoms with Gasteiger partial charge in [-0.1, -0.05) is 29.8 Å². The van der Waals surface area contributed by atoms with Gasteiger partial charge < -0.3 is 14.6 Å². The van der Waals surface area contributed by atoms with Gasteiger partial charge in [-0.05, 0) is 18.2 Å². The Morgan fingerprint density at radius 3 is 2.57 bits per heavy atom. The van der Waals surface area contributed by atoms with Crippen LogP contribution in [0, 0.1) is 0 Å². The summed E-state index contributed by atoms with van der Waals surface area (Å²) < 4.78 is 5.71. The maximum atomic E-state index is 12.3. The van der Waals surface area contributed by atoms with Crippen molar-refractivity contribution in [2.75, 3.05) is 39.3 Å². The van der Waals surface area contributed by atoms with Gasteiger partial charge in [0.05, 0.1) is 5.02 Å². The first-order chi connectivity index (χ1) is 11.2. The summed E-state index contributed by atoms with van der Waals surface area (Å²) in [6.07, 6.45) is 1.63. The lowest BCUT2D eigenvalue weighted by atomic mass is 10.3. The van der Waals surface area contributed by atoms with Crippen molar-refractivity contribution in [3.8, 4) is 5.75 Å². The highest BCUT2D eigenvalue weighted by Gasteiger charge is 2.22. The van der Waals surface area contributed by atoms with E-state index < -0.39 is 0 Å². The molecule has 1 fully saturated rings. The van der Waals surface area contributed by atoms with Gasteiger partial charge in [-0.25, -0.2) is 0 Å². The van der Waals surface area contributed by atoms with Gasteiger partial charge in [-0.15, -0.1) is 0 Å². The number of aromatic nitrogens is 1. The number of hydrogen-bond acceptors (Lipinski definition) is 3. The molecule has 1 N–H and O–H groups in total. The Hall–Kier alpha value is -1.98. The molecule has 5 nitrogen and oxygen atoms in total. The van der Waals surface area contributed by atoms with E-state index in [0.717, 1.165) is 38.5 Å². The summed E-state index contributed by atoms with van der Waals surface area (Å²) in [4.78, 5) is 19.4. The number of nitrogens with one attached hydrogen (secondary N) is 1. The van der Waals surface area contributed by atoms with Gasteiger partial charge in [0.25, 0.3) is 5.91 Å². The molecule has 122 valence electrons. The predicted molar refractivity (Wildman–Crippen MR) is 90.1 cm³/mol. The molecule has 1 saturated heterocycles. The van der Waals surface area contributed by atoms with Crippen LogP contribution in [-0.2, 0) is 0 Å². The number of nitrogens with zero attached hydrogens (tertiary/aromatic N) is 2. The van der Waals surface area contributed by atoms with Crippen LogP contribution in [0.2, 0.25) is 5.02 Å². The van der Waals surface area contributed by atoms with Crippen molar-refractivity contribution in [3.05, 3.63) is 53.3 Å². The molecule has 3 rings (SSSR count). The molecule has 23 heavy (non-hydrogen) atoms. The van der Waals surface area contributed by atoms with E-state index in [-0.39, 0.29) is 5.91 Å². The van der Waals surface area contributed by atoms with Crippen molar-refractivity contribution < 1.29 is 9.53 Å². The zero-order valence-electron chi connectivity index (χ0n) is 12.9. The fourth-order valence-electron chi connectivity index (χ4n) is 2.65. The van der Waals surface area contributed by atoms with Crippen LogP contribution in [-0.4, -0.2) is 60.0 Å². The zero-order chi connectivity index (χ0) is 16.1. The van der Waals surface area contributed by atoms with Gasteiger partial charge in [0.15, 0.2) is 0 Å². The molecule has 2 aromatic rings. The van der Waals surface area contributed by atoms with E-state index in [1.54, 1.807) is 12.3 Å². The molecule has 1 aliphatic heterocycles. The lowest BCUT2D eigenvalue weighted by molar-refractivity contribution is 0.0615. The monoisotopic (exact) mass is 333 g/mol. The Bertz CT molecular complexity index is 636. The number of benzene rings is 1. The Morgan fingerprint density at radius 1 is 1.17 bits per heavy atom. The fraction of sp³-hybridized carbons (Fsp3) is 0.353. The summed E-state index contributed by atoms with van der Waals surface area (Å²) in [5.74, 6) is 0.905. The van der Waals surface area contributed by atoms with Gasteiger partial charge in [-0.2, -0.15) is 0 Å². The van der Waals surface area contributed by atoms with E-state index in [2.05, 4.69) is 9.88 Å². The van der Waals surface area contributed by atoms with Crippen LogP contribution in [0.5, 0.6) is 5.75 Å². The molecule has 6 heteroatoms. The van der Waals surface area contributed by atoms with Gasteiger partial charge in [0.1, 0.15) is 18.1 Å². The SMILES string of the molecule is O=C(c1cc(Cl)c[nH]1)N1CCN(CCOc2ccccc2)CC1. The highest BCUT2D eigenvalue weighted by Crippen LogP contribution is 2.13. The van der Waals surface area contributed by atoms with E-state index in [0.29, 0.717) is 17.3 Å². The Kier molecular flexibility index (Phi) is 5.20. The van der Waals surface area contributed by atoms with Crippen molar-refractivity contribution in [2.24, 2.45) is 0 Å². The number of amides is 1. The van der Waals surface area contributed by atoms with Crippen molar-refractivity contribution in [2.45, 2.75) is 0 Å². The number of carbonyl (C=O) groups is 1. The molecule has 0 unspecified atom stereocenters. The van der Waals surface area contributed by atoms with Crippen LogP contribution >= 0.6 is 11.6 Å². The maximum Gasteiger partial charge on any atom is 0.270 e. The largest absolute Gasteiger partial charge is 0.492 e. The standard InChI is InChI=1S/C17H20ClN3O2/c18-14-12-16(19-13-14)17(22)21-8-6-20(7-9-21)10-11-23-15-4-2-1-3-5-15/h1-5,12-13,19H,6-11H2. The van der Waals surface area contributed by atoms with E-state index in [1.807, 2.05) is 35.2 Å². The summed E-state index contributed by atoms with van der Waals surface area (Å²) in [6.45, 7) is 4.69. The topological polar surface area (TPSA) is 48.6 Å². The third kappa shape index (κ3) is 4.27. The molecule has 1 aromatic carbocycles. The second kappa shape index (κ2) is 7.53. The number of aromatic amines is 1. The molecule has 1 amide bonds. The smallest absolute Gasteiger partial charge is 0.270 e. The van der Waals surface area contributed by atoms with Crippen LogP contribution in [0.4, 0.5) is 0 Å². The molecule has 0 bridgehead atoms. The number of carbonyl (C=O) groups excluding carboxylic acids is 1. The number of ether oxygens (including phenoxy) is 1. The third-order valence-corrected chi connectivity index (χ3v) is 4.18. The van der Waals surface area contributed by atoms with E-state index in [4.69, 9.17) is 16.3 Å². The van der Waals surface area contributed by atoms with Crippen molar-refractivity contribution in [3.63, 3.8) is 0 Å². The van der Waals surface area contributed by atoms with Crippen molar-refractivity contribution >= 4 is 17.5 Å². The molecule has 0 spiro atoms. The molecule has 0 saturated carbocycles. The molecule has 0 atom stereocenters. The lowest BCUT2D eigenvalue weighted by Crippen LogP contribution is -2.49. The highest BCUT2D eigenvalue weighted by atomic mass is 35.5. The number of H-pyrrole nitrogens is 1. The average molecular weight is 334 g/mol. The predicted octanol–water partition coefficient (Wildman–Crippen LogP) is 2.50. The summed E-state index contributed by atoms with van der Waals surface area (Å²) >= 11 is 5.85. The molecular formula is C17H20ClN3O2. The van der Waals surface area contributed by atoms with E-state index in [1.165, 1.54) is 0 Å². The summed E-state index contributed by atoms with van der Waals surface area (Å²) in [7, 11) is 0. The van der Waals surface area contributed by atoms with Crippen LogP contribution in [0.15, 0.2) is 42.6 Å². The molecular weight excluding hydrogens is 314 g/mol. The van der Waals surface area contributed by atoms with Crippen molar-refractivity contribution in [1.29, 1.82) is 0 Å². The molecule has 0 radical (unpaired) electrons. The van der Waals surface area contributed by atoms with Crippen LogP contribution < -0.4 is 4.74 Å². The number of piperazine rings is 1. The normalized spacial score (nSPS) is 15.6. The highest BCUT2D eigenvalue weighted by molar-refractivity contribution is 6.30. The first-order valence-electron chi connectivity index (χ1n) is 7.76. The number of hydrogen-bond donors (Lipinski definition) is 1. The van der Waals surface area contributed by atoms with E-state index in [9.17, 15) is 4.79 Å². The van der Waals surface area contributed by atoms with Crippen molar-refractivity contribution in [1.82, 2.24) is 14.8 Å². The molecule has 0 aliphatic carbocycles. The molecule has 1 aliphatic rings. The fourth-order valence-corrected chi connectivity index (χ4v) is 2.81. The minimum atomic E-state index is 0.0112. The van der Waals surface area contributed by atoms with Crippen LogP contribution in [0.3, 0.4) is 0 Å². The second-order valence-corrected chi connectivity index (χ2v) is 5.96. The van der Waals surface area contributed by atoms with E-state index >= 15 is 0 Å². The summed E-state index contributed by atoms with van der Waals surface area (Å²) in [5, 5.41) is 0.560. The Morgan fingerprint density at radius 2 is 1.91 bits per heavy atom. The third-order valence-electron chi connectivity index (χ3n) is 3.96. The van der Waals surface area contributed by atoms with Gasteiger partial charge in [0, 0.05) is 38.9 Å². The Balaban J connectivity index is 1.41. The number of halogens is 1. The molecule has 1 aromatic heterocycles. The second-order valence-electron chi connectivity index (χ2n) is 5.53. The quantitative estimate of drug-likeness (QED) is 0.914. The van der Waals surface area contributed by atoms with Gasteiger partial charge in [0.2, 0.25) is 0 Å². The first-order valence-corrected chi connectivity index (χ1v) is 8.13. The minimum Gasteiger partial charge on any atom is -0.492 e. The zero-order valence-corrected chi connectivity index (χ0v) is 13.6. The molecule has 2 heterocycles. The average Bonchev–Trinajstić information content (AvgIpc) is 3.02. The Labute approximate surface area is 140 Å². The number of rotatable bonds is 5. The van der Waals surface area contributed by atoms with Gasteiger partial charge in [-0.3, -0.25) is 9.69 Å². The minimum absolute atomic E-state index is 0.0112. The summed E-state index contributed by atoms with van der Waals surface area (Å²) in [6, 6.07) is 11.5. The van der Waals surface area contributed by atoms with Gasteiger partial charge >= 0.3 is 0 Å². The van der Waals surface area contributed by atoms with Crippen LogP contribution in [0.25, 0.3) is 0 Å². The first kappa shape index (κ1) is 15.9.